The SMILES string of the molecule is Cc1cccc(NC(=O)C(C)N2CCCN(C(=O)C3CCC3)CC2)c1. The molecular formula is C20H29N3O2. The van der Waals surface area contributed by atoms with Gasteiger partial charge in [0.2, 0.25) is 11.8 Å². The van der Waals surface area contributed by atoms with Gasteiger partial charge in [0.1, 0.15) is 0 Å². The first-order chi connectivity index (χ1) is 12.0. The van der Waals surface area contributed by atoms with Crippen molar-refractivity contribution in [2.45, 2.75) is 45.6 Å². The molecule has 0 aromatic heterocycles. The highest BCUT2D eigenvalue weighted by Crippen LogP contribution is 2.28. The summed E-state index contributed by atoms with van der Waals surface area (Å²) in [6.07, 6.45) is 4.22. The molecule has 1 aliphatic carbocycles. The van der Waals surface area contributed by atoms with Crippen molar-refractivity contribution >= 4 is 17.5 Å². The lowest BCUT2D eigenvalue weighted by molar-refractivity contribution is -0.138. The van der Waals surface area contributed by atoms with E-state index in [1.807, 2.05) is 43.0 Å². The average Bonchev–Trinajstić information content (AvgIpc) is 2.78. The van der Waals surface area contributed by atoms with Gasteiger partial charge in [0.05, 0.1) is 6.04 Å². The number of benzene rings is 1. The van der Waals surface area contributed by atoms with Crippen LogP contribution in [0, 0.1) is 12.8 Å². The highest BCUT2D eigenvalue weighted by molar-refractivity contribution is 5.94. The fourth-order valence-electron chi connectivity index (χ4n) is 3.59. The van der Waals surface area contributed by atoms with Gasteiger partial charge < -0.3 is 10.2 Å². The number of carbonyl (C=O) groups excluding carboxylic acids is 2. The summed E-state index contributed by atoms with van der Waals surface area (Å²) in [7, 11) is 0. The Labute approximate surface area is 150 Å². The lowest BCUT2D eigenvalue weighted by Gasteiger charge is -2.31. The predicted molar refractivity (Wildman–Crippen MR) is 99.4 cm³/mol. The molecule has 1 aromatic carbocycles. The third-order valence-corrected chi connectivity index (χ3v) is 5.51. The predicted octanol–water partition coefficient (Wildman–Crippen LogP) is 2.66. The fraction of sp³-hybridized carbons (Fsp3) is 0.600. The Balaban J connectivity index is 1.54. The number of hydrogen-bond donors (Lipinski definition) is 1. The molecule has 1 heterocycles. The average molecular weight is 343 g/mol. The molecule has 25 heavy (non-hydrogen) atoms. The van der Waals surface area contributed by atoms with Crippen molar-refractivity contribution in [3.63, 3.8) is 0 Å². The largest absolute Gasteiger partial charge is 0.341 e. The van der Waals surface area contributed by atoms with E-state index in [1.54, 1.807) is 0 Å². The van der Waals surface area contributed by atoms with Crippen LogP contribution in [0.5, 0.6) is 0 Å². The Morgan fingerprint density at radius 1 is 1.12 bits per heavy atom. The molecule has 1 aliphatic heterocycles. The second-order valence-electron chi connectivity index (χ2n) is 7.38. The van der Waals surface area contributed by atoms with Crippen molar-refractivity contribution in [1.29, 1.82) is 0 Å². The van der Waals surface area contributed by atoms with Crippen molar-refractivity contribution in [1.82, 2.24) is 9.80 Å². The van der Waals surface area contributed by atoms with Crippen LogP contribution >= 0.6 is 0 Å². The zero-order chi connectivity index (χ0) is 17.8. The van der Waals surface area contributed by atoms with Crippen LogP contribution in [0.1, 0.15) is 38.2 Å². The van der Waals surface area contributed by atoms with Crippen molar-refractivity contribution in [3.05, 3.63) is 29.8 Å². The molecule has 1 N–H and O–H groups in total. The van der Waals surface area contributed by atoms with Crippen molar-refractivity contribution in [2.24, 2.45) is 5.92 Å². The first-order valence-corrected chi connectivity index (χ1v) is 9.45. The van der Waals surface area contributed by atoms with Gasteiger partial charge in [-0.3, -0.25) is 14.5 Å². The number of hydrogen-bond acceptors (Lipinski definition) is 3. The van der Waals surface area contributed by atoms with Crippen LogP contribution < -0.4 is 5.32 Å². The molecule has 5 heteroatoms. The van der Waals surface area contributed by atoms with Crippen LogP contribution in [0.3, 0.4) is 0 Å². The van der Waals surface area contributed by atoms with Crippen LogP contribution in [0.4, 0.5) is 5.69 Å². The summed E-state index contributed by atoms with van der Waals surface area (Å²) >= 11 is 0. The number of rotatable bonds is 4. The third-order valence-electron chi connectivity index (χ3n) is 5.51. The van der Waals surface area contributed by atoms with Gasteiger partial charge >= 0.3 is 0 Å². The Morgan fingerprint density at radius 2 is 1.92 bits per heavy atom. The van der Waals surface area contributed by atoms with Gasteiger partial charge in [0.25, 0.3) is 0 Å². The van der Waals surface area contributed by atoms with Crippen LogP contribution in [0.2, 0.25) is 0 Å². The number of anilines is 1. The van der Waals surface area contributed by atoms with Crippen LogP contribution in [-0.2, 0) is 9.59 Å². The number of nitrogens with zero attached hydrogens (tertiary/aromatic N) is 2. The lowest BCUT2D eigenvalue weighted by atomic mass is 9.84. The minimum atomic E-state index is -0.195. The van der Waals surface area contributed by atoms with Crippen LogP contribution in [0.15, 0.2) is 24.3 Å². The molecule has 1 aromatic rings. The van der Waals surface area contributed by atoms with Gasteiger partial charge in [-0.05, 0) is 50.8 Å². The van der Waals surface area contributed by atoms with E-state index in [0.29, 0.717) is 5.91 Å². The maximum atomic E-state index is 12.6. The normalized spacial score (nSPS) is 20.5. The van der Waals surface area contributed by atoms with Crippen molar-refractivity contribution in [3.8, 4) is 0 Å². The van der Waals surface area contributed by atoms with Crippen LogP contribution in [0.25, 0.3) is 0 Å². The van der Waals surface area contributed by atoms with E-state index in [-0.39, 0.29) is 17.9 Å². The Bertz CT molecular complexity index is 627. The van der Waals surface area contributed by atoms with E-state index in [0.717, 1.165) is 56.7 Å². The number of amides is 2. The lowest BCUT2D eigenvalue weighted by Crippen LogP contribution is -2.45. The molecule has 2 aliphatic rings. The maximum absolute atomic E-state index is 12.6. The molecule has 2 fully saturated rings. The molecule has 0 spiro atoms. The summed E-state index contributed by atoms with van der Waals surface area (Å²) in [5.74, 6) is 0.600. The van der Waals surface area contributed by atoms with Crippen molar-refractivity contribution in [2.75, 3.05) is 31.5 Å². The summed E-state index contributed by atoms with van der Waals surface area (Å²) in [6.45, 7) is 7.14. The summed E-state index contributed by atoms with van der Waals surface area (Å²) in [5, 5.41) is 3.01. The Kier molecular flexibility index (Phi) is 5.74. The van der Waals surface area contributed by atoms with Gasteiger partial charge in [-0.1, -0.05) is 18.6 Å². The van der Waals surface area contributed by atoms with E-state index >= 15 is 0 Å². The van der Waals surface area contributed by atoms with Gasteiger partial charge in [-0.2, -0.15) is 0 Å². The van der Waals surface area contributed by atoms with E-state index in [1.165, 1.54) is 6.42 Å². The fourth-order valence-corrected chi connectivity index (χ4v) is 3.59. The number of aryl methyl sites for hydroxylation is 1. The number of nitrogens with one attached hydrogen (secondary N) is 1. The molecule has 5 nitrogen and oxygen atoms in total. The van der Waals surface area contributed by atoms with Gasteiger partial charge in [-0.25, -0.2) is 0 Å². The molecule has 1 saturated carbocycles. The monoisotopic (exact) mass is 343 g/mol. The smallest absolute Gasteiger partial charge is 0.241 e. The molecule has 0 bridgehead atoms. The van der Waals surface area contributed by atoms with E-state index in [2.05, 4.69) is 10.2 Å². The standard InChI is InChI=1S/C20H29N3O2/c1-15-6-3-9-18(14-15)21-19(24)16(2)22-10-5-11-23(13-12-22)20(25)17-7-4-8-17/h3,6,9,14,16-17H,4-5,7-8,10-13H2,1-2H3,(H,21,24). The minimum Gasteiger partial charge on any atom is -0.341 e. The zero-order valence-corrected chi connectivity index (χ0v) is 15.3. The van der Waals surface area contributed by atoms with Crippen molar-refractivity contribution < 1.29 is 9.59 Å². The molecule has 1 unspecified atom stereocenters. The maximum Gasteiger partial charge on any atom is 0.241 e. The second-order valence-corrected chi connectivity index (χ2v) is 7.38. The van der Waals surface area contributed by atoms with E-state index in [9.17, 15) is 9.59 Å². The van der Waals surface area contributed by atoms with Gasteiger partial charge in [0.15, 0.2) is 0 Å². The molecule has 2 amide bonds. The molecule has 1 saturated heterocycles. The highest BCUT2D eigenvalue weighted by atomic mass is 16.2. The zero-order valence-electron chi connectivity index (χ0n) is 15.3. The third kappa shape index (κ3) is 4.40. The summed E-state index contributed by atoms with van der Waals surface area (Å²) in [4.78, 5) is 29.2. The second kappa shape index (κ2) is 8.00. The quantitative estimate of drug-likeness (QED) is 0.914. The molecule has 136 valence electrons. The molecule has 3 rings (SSSR count). The van der Waals surface area contributed by atoms with Gasteiger partial charge in [-0.15, -0.1) is 0 Å². The Hall–Kier alpha value is -1.88. The molecular weight excluding hydrogens is 314 g/mol. The highest BCUT2D eigenvalue weighted by Gasteiger charge is 2.31. The van der Waals surface area contributed by atoms with Gasteiger partial charge in [0, 0.05) is 37.8 Å². The first-order valence-electron chi connectivity index (χ1n) is 9.45. The van der Waals surface area contributed by atoms with E-state index in [4.69, 9.17) is 0 Å². The minimum absolute atomic E-state index is 0.0179. The summed E-state index contributed by atoms with van der Waals surface area (Å²) in [6, 6.07) is 7.66. The molecule has 0 radical (unpaired) electrons. The van der Waals surface area contributed by atoms with E-state index < -0.39 is 0 Å². The molecule has 1 atom stereocenters. The first kappa shape index (κ1) is 17.9. The summed E-state index contributed by atoms with van der Waals surface area (Å²) in [5.41, 5.74) is 1.97. The van der Waals surface area contributed by atoms with Crippen LogP contribution in [-0.4, -0.2) is 53.8 Å². The number of carbonyl (C=O) groups is 2. The summed E-state index contributed by atoms with van der Waals surface area (Å²) < 4.78 is 0. The topological polar surface area (TPSA) is 52.7 Å². The Morgan fingerprint density at radius 3 is 2.60 bits per heavy atom.